The highest BCUT2D eigenvalue weighted by Gasteiger charge is 2.18. The first-order valence-corrected chi connectivity index (χ1v) is 9.29. The molecular formula is C20H26FN3O2. The number of aromatic nitrogens is 2. The number of nitrogens with one attached hydrogen (secondary N) is 1. The van der Waals surface area contributed by atoms with E-state index in [2.05, 4.69) is 10.4 Å². The fraction of sp³-hybridized carbons (Fsp3) is 0.500. The molecule has 1 N–H and O–H groups in total. The van der Waals surface area contributed by atoms with Gasteiger partial charge in [0.2, 0.25) is 0 Å². The van der Waals surface area contributed by atoms with Gasteiger partial charge in [-0.1, -0.05) is 38.3 Å². The van der Waals surface area contributed by atoms with Gasteiger partial charge in [-0.05, 0) is 30.9 Å². The average molecular weight is 359 g/mol. The van der Waals surface area contributed by atoms with Gasteiger partial charge in [-0.15, -0.1) is 0 Å². The van der Waals surface area contributed by atoms with Crippen LogP contribution in [0.4, 0.5) is 4.39 Å². The van der Waals surface area contributed by atoms with Crippen molar-refractivity contribution in [3.63, 3.8) is 0 Å². The molecule has 0 bridgehead atoms. The highest BCUT2D eigenvalue weighted by molar-refractivity contribution is 5.92. The Balaban J connectivity index is 1.57. The molecule has 0 spiro atoms. The van der Waals surface area contributed by atoms with E-state index in [1.807, 2.05) is 6.92 Å². The number of halogens is 1. The minimum absolute atomic E-state index is 0.108. The maximum atomic E-state index is 14.6. The second-order valence-corrected chi connectivity index (χ2v) is 6.84. The van der Waals surface area contributed by atoms with E-state index in [1.165, 1.54) is 19.3 Å². The SMILES string of the molecule is CCc1cc(C(=O)NCc2cccc(OCCC3CCC3)c2F)n(C)n1. The lowest BCUT2D eigenvalue weighted by atomic mass is 9.83. The third kappa shape index (κ3) is 4.23. The summed E-state index contributed by atoms with van der Waals surface area (Å²) in [6.45, 7) is 2.62. The van der Waals surface area contributed by atoms with E-state index < -0.39 is 5.82 Å². The van der Waals surface area contributed by atoms with Gasteiger partial charge >= 0.3 is 0 Å². The van der Waals surface area contributed by atoms with E-state index in [-0.39, 0.29) is 18.2 Å². The van der Waals surface area contributed by atoms with Gasteiger partial charge < -0.3 is 10.1 Å². The molecule has 2 aromatic rings. The number of carbonyl (C=O) groups is 1. The zero-order chi connectivity index (χ0) is 18.5. The van der Waals surface area contributed by atoms with Crippen molar-refractivity contribution in [2.45, 2.75) is 45.6 Å². The predicted molar refractivity (Wildman–Crippen MR) is 97.6 cm³/mol. The highest BCUT2D eigenvalue weighted by Crippen LogP contribution is 2.29. The van der Waals surface area contributed by atoms with Crippen LogP contribution in [0.5, 0.6) is 5.75 Å². The monoisotopic (exact) mass is 359 g/mol. The maximum Gasteiger partial charge on any atom is 0.269 e. The molecular weight excluding hydrogens is 333 g/mol. The van der Waals surface area contributed by atoms with Crippen LogP contribution >= 0.6 is 0 Å². The number of aryl methyl sites for hydroxylation is 2. The molecule has 26 heavy (non-hydrogen) atoms. The summed E-state index contributed by atoms with van der Waals surface area (Å²) < 4.78 is 21.7. The second-order valence-electron chi connectivity index (χ2n) is 6.84. The van der Waals surface area contributed by atoms with E-state index in [0.29, 0.717) is 17.9 Å². The third-order valence-corrected chi connectivity index (χ3v) is 5.02. The molecule has 0 saturated heterocycles. The molecule has 0 radical (unpaired) electrons. The molecule has 1 aliphatic rings. The molecule has 140 valence electrons. The molecule has 0 unspecified atom stereocenters. The average Bonchev–Trinajstić information content (AvgIpc) is 2.98. The standard InChI is InChI=1S/C20H26FN3O2/c1-3-16-12-17(24(2)23-16)20(25)22-13-15-8-5-9-18(19(15)21)26-11-10-14-6-4-7-14/h5,8-9,12,14H,3-4,6-7,10-11,13H2,1-2H3,(H,22,25). The van der Waals surface area contributed by atoms with Crippen LogP contribution in [-0.4, -0.2) is 22.3 Å². The Kier molecular flexibility index (Phi) is 5.91. The second kappa shape index (κ2) is 8.34. The van der Waals surface area contributed by atoms with Gasteiger partial charge in [0.05, 0.1) is 12.3 Å². The van der Waals surface area contributed by atoms with Crippen molar-refractivity contribution in [3.05, 3.63) is 47.0 Å². The van der Waals surface area contributed by atoms with Gasteiger partial charge in [0.15, 0.2) is 11.6 Å². The normalized spacial score (nSPS) is 14.1. The molecule has 0 atom stereocenters. The fourth-order valence-electron chi connectivity index (χ4n) is 3.10. The number of hydrogen-bond donors (Lipinski definition) is 1. The minimum atomic E-state index is -0.402. The highest BCUT2D eigenvalue weighted by atomic mass is 19.1. The van der Waals surface area contributed by atoms with Gasteiger partial charge in [0.1, 0.15) is 5.69 Å². The molecule has 1 amide bonds. The molecule has 1 fully saturated rings. The van der Waals surface area contributed by atoms with Gasteiger partial charge in [0.25, 0.3) is 5.91 Å². The molecule has 1 aliphatic carbocycles. The summed E-state index contributed by atoms with van der Waals surface area (Å²) in [6, 6.07) is 6.80. The zero-order valence-corrected chi connectivity index (χ0v) is 15.4. The summed E-state index contributed by atoms with van der Waals surface area (Å²) in [5, 5.41) is 7.02. The Labute approximate surface area is 153 Å². The number of ether oxygens (including phenoxy) is 1. The van der Waals surface area contributed by atoms with Crippen LogP contribution in [0.15, 0.2) is 24.3 Å². The number of benzene rings is 1. The van der Waals surface area contributed by atoms with Gasteiger partial charge in [0, 0.05) is 19.2 Å². The molecule has 1 aromatic heterocycles. The summed E-state index contributed by atoms with van der Waals surface area (Å²) in [5.41, 5.74) is 1.73. The van der Waals surface area contributed by atoms with Crippen molar-refractivity contribution < 1.29 is 13.9 Å². The van der Waals surface area contributed by atoms with Crippen LogP contribution in [0.1, 0.15) is 54.4 Å². The Bertz CT molecular complexity index is 768. The van der Waals surface area contributed by atoms with Crippen LogP contribution in [0, 0.1) is 11.7 Å². The Morgan fingerprint density at radius 3 is 2.88 bits per heavy atom. The number of nitrogens with zero attached hydrogens (tertiary/aromatic N) is 2. The summed E-state index contributed by atoms with van der Waals surface area (Å²) in [7, 11) is 1.73. The Morgan fingerprint density at radius 1 is 1.42 bits per heavy atom. The molecule has 6 heteroatoms. The summed E-state index contributed by atoms with van der Waals surface area (Å²) in [5.74, 6) is 0.313. The lowest BCUT2D eigenvalue weighted by Crippen LogP contribution is -2.25. The van der Waals surface area contributed by atoms with Gasteiger partial charge in [-0.2, -0.15) is 5.10 Å². The lowest BCUT2D eigenvalue weighted by molar-refractivity contribution is 0.0941. The molecule has 1 aromatic carbocycles. The van der Waals surface area contributed by atoms with Crippen LogP contribution in [0.25, 0.3) is 0 Å². The maximum absolute atomic E-state index is 14.6. The zero-order valence-electron chi connectivity index (χ0n) is 15.4. The van der Waals surface area contributed by atoms with Crippen LogP contribution < -0.4 is 10.1 Å². The van der Waals surface area contributed by atoms with E-state index in [9.17, 15) is 9.18 Å². The van der Waals surface area contributed by atoms with E-state index in [4.69, 9.17) is 4.74 Å². The molecule has 1 heterocycles. The molecule has 1 saturated carbocycles. The van der Waals surface area contributed by atoms with E-state index >= 15 is 0 Å². The topological polar surface area (TPSA) is 56.1 Å². The summed E-state index contributed by atoms with van der Waals surface area (Å²) in [4.78, 5) is 12.3. The van der Waals surface area contributed by atoms with Gasteiger partial charge in [-0.25, -0.2) is 4.39 Å². The van der Waals surface area contributed by atoms with Crippen LogP contribution in [-0.2, 0) is 20.0 Å². The predicted octanol–water partition coefficient (Wildman–Crippen LogP) is 3.62. The fourth-order valence-corrected chi connectivity index (χ4v) is 3.10. The lowest BCUT2D eigenvalue weighted by Gasteiger charge is -2.25. The Morgan fingerprint density at radius 2 is 2.23 bits per heavy atom. The van der Waals surface area contributed by atoms with Crippen LogP contribution in [0.2, 0.25) is 0 Å². The number of carbonyl (C=O) groups excluding carboxylic acids is 1. The number of amides is 1. The number of rotatable bonds is 8. The quantitative estimate of drug-likeness (QED) is 0.783. The van der Waals surface area contributed by atoms with Crippen molar-refractivity contribution in [1.82, 2.24) is 15.1 Å². The van der Waals surface area contributed by atoms with Gasteiger partial charge in [-0.3, -0.25) is 9.48 Å². The molecule has 3 rings (SSSR count). The number of hydrogen-bond acceptors (Lipinski definition) is 3. The largest absolute Gasteiger partial charge is 0.490 e. The first kappa shape index (κ1) is 18.4. The smallest absolute Gasteiger partial charge is 0.269 e. The van der Waals surface area contributed by atoms with Crippen molar-refractivity contribution in [2.24, 2.45) is 13.0 Å². The summed E-state index contributed by atoms with van der Waals surface area (Å²) in [6.07, 6.45) is 5.54. The summed E-state index contributed by atoms with van der Waals surface area (Å²) >= 11 is 0. The van der Waals surface area contributed by atoms with Crippen molar-refractivity contribution in [2.75, 3.05) is 6.61 Å². The van der Waals surface area contributed by atoms with Crippen molar-refractivity contribution in [3.8, 4) is 5.75 Å². The third-order valence-electron chi connectivity index (χ3n) is 5.02. The molecule has 0 aliphatic heterocycles. The first-order chi connectivity index (χ1) is 12.6. The van der Waals surface area contributed by atoms with E-state index in [0.717, 1.165) is 24.5 Å². The van der Waals surface area contributed by atoms with Crippen LogP contribution in [0.3, 0.4) is 0 Å². The van der Waals surface area contributed by atoms with Crippen molar-refractivity contribution >= 4 is 5.91 Å². The molecule has 5 nitrogen and oxygen atoms in total. The Hall–Kier alpha value is -2.37. The first-order valence-electron chi connectivity index (χ1n) is 9.29. The minimum Gasteiger partial charge on any atom is -0.490 e. The van der Waals surface area contributed by atoms with Crippen molar-refractivity contribution in [1.29, 1.82) is 0 Å². The van der Waals surface area contributed by atoms with E-state index in [1.54, 1.807) is 36.0 Å².